The summed E-state index contributed by atoms with van der Waals surface area (Å²) in [4.78, 5) is 30.6. The van der Waals surface area contributed by atoms with E-state index in [1.807, 2.05) is 0 Å². The average molecular weight is 616 g/mol. The monoisotopic (exact) mass is 615 g/mol. The Bertz CT molecular complexity index is 1310. The highest BCUT2D eigenvalue weighted by atomic mass is 16.6. The molecule has 44 heavy (non-hydrogen) atoms. The van der Waals surface area contributed by atoms with Crippen molar-refractivity contribution in [2.45, 2.75) is 61.9 Å². The van der Waals surface area contributed by atoms with Crippen LogP contribution in [0.4, 0.5) is 0 Å². The highest BCUT2D eigenvalue weighted by Crippen LogP contribution is 2.78. The van der Waals surface area contributed by atoms with E-state index in [4.69, 9.17) is 28.4 Å². The smallest absolute Gasteiger partial charge is 0.338 e. The molecule has 1 heterocycles. The summed E-state index contributed by atoms with van der Waals surface area (Å²) in [5.74, 6) is -1.98. The van der Waals surface area contributed by atoms with Gasteiger partial charge in [0.25, 0.3) is 0 Å². The SMILES string of the molecule is CCN1C[C@]2(COC)[C@H](O)CC(OC)C34C1C([C@H]1C(=O)[C@@H](OC)[C@]5(O)C[C@H]3[C@@H]1[C@H]5OC(=O)c1ccc(OC)cc1)[C@H](OC)[C@@H]42. The van der Waals surface area contributed by atoms with E-state index in [2.05, 4.69) is 11.8 Å². The van der Waals surface area contributed by atoms with Crippen LogP contribution >= 0.6 is 0 Å². The largest absolute Gasteiger partial charge is 0.497 e. The number of ketones is 1. The van der Waals surface area contributed by atoms with Gasteiger partial charge in [0, 0.05) is 81.9 Å². The molecule has 6 aliphatic rings. The second-order valence-corrected chi connectivity index (χ2v) is 13.9. The van der Waals surface area contributed by atoms with E-state index in [-0.39, 0.29) is 48.2 Å². The summed E-state index contributed by atoms with van der Waals surface area (Å²) in [5.41, 5.74) is -2.69. The van der Waals surface area contributed by atoms with Gasteiger partial charge >= 0.3 is 5.97 Å². The molecule has 4 unspecified atom stereocenters. The van der Waals surface area contributed by atoms with Gasteiger partial charge in [-0.15, -0.1) is 0 Å². The van der Waals surface area contributed by atoms with Crippen LogP contribution in [0.15, 0.2) is 24.3 Å². The molecule has 7 rings (SSSR count). The van der Waals surface area contributed by atoms with Gasteiger partial charge in [0.1, 0.15) is 23.6 Å². The minimum absolute atomic E-state index is 0.101. The van der Waals surface area contributed by atoms with E-state index in [0.29, 0.717) is 37.4 Å². The molecule has 6 fully saturated rings. The number of aliphatic hydroxyl groups excluding tert-OH is 1. The van der Waals surface area contributed by atoms with Crippen molar-refractivity contribution in [3.63, 3.8) is 0 Å². The lowest BCUT2D eigenvalue weighted by Crippen LogP contribution is -2.77. The Morgan fingerprint density at radius 3 is 2.36 bits per heavy atom. The third-order valence-electron chi connectivity index (χ3n) is 12.8. The zero-order chi connectivity index (χ0) is 31.3. The molecule has 0 aromatic heterocycles. The fourth-order valence-corrected chi connectivity index (χ4v) is 11.8. The molecule has 14 atom stereocenters. The number of methoxy groups -OCH3 is 5. The van der Waals surface area contributed by atoms with Crippen LogP contribution in [-0.2, 0) is 28.5 Å². The maximum absolute atomic E-state index is 14.5. The lowest BCUT2D eigenvalue weighted by Gasteiger charge is -2.69. The molecular weight excluding hydrogens is 570 g/mol. The first kappa shape index (κ1) is 30.5. The Hall–Kier alpha value is -2.12. The minimum atomic E-state index is -1.73. The fourth-order valence-electron chi connectivity index (χ4n) is 11.8. The number of hydrogen-bond acceptors (Lipinski definition) is 11. The molecule has 11 nitrogen and oxygen atoms in total. The Morgan fingerprint density at radius 2 is 1.77 bits per heavy atom. The highest BCUT2D eigenvalue weighted by molar-refractivity contribution is 5.92. The maximum atomic E-state index is 14.5. The van der Waals surface area contributed by atoms with E-state index < -0.39 is 52.5 Å². The molecule has 1 aromatic carbocycles. The van der Waals surface area contributed by atoms with Gasteiger partial charge in [-0.05, 0) is 43.1 Å². The van der Waals surface area contributed by atoms with Gasteiger partial charge in [0.15, 0.2) is 5.78 Å². The number of benzene rings is 1. The number of aliphatic hydroxyl groups is 2. The molecule has 1 aromatic rings. The molecule has 0 amide bonds. The molecule has 5 saturated carbocycles. The normalized spacial score (nSPS) is 48.4. The van der Waals surface area contributed by atoms with Crippen molar-refractivity contribution in [1.29, 1.82) is 0 Å². The number of rotatable bonds is 9. The predicted octanol–water partition coefficient (Wildman–Crippen LogP) is 1.18. The van der Waals surface area contributed by atoms with Crippen molar-refractivity contribution in [2.75, 3.05) is 55.2 Å². The first-order chi connectivity index (χ1) is 21.1. The first-order valence-corrected chi connectivity index (χ1v) is 15.7. The van der Waals surface area contributed by atoms with Gasteiger partial charge in [0.2, 0.25) is 0 Å². The number of esters is 1. The predicted molar refractivity (Wildman–Crippen MR) is 155 cm³/mol. The molecule has 242 valence electrons. The van der Waals surface area contributed by atoms with Crippen LogP contribution in [0.5, 0.6) is 5.75 Å². The Labute approximate surface area is 258 Å². The molecule has 11 heteroatoms. The Morgan fingerprint density at radius 1 is 1.05 bits per heavy atom. The van der Waals surface area contributed by atoms with Crippen LogP contribution in [0.2, 0.25) is 0 Å². The van der Waals surface area contributed by atoms with Crippen LogP contribution in [0.3, 0.4) is 0 Å². The third kappa shape index (κ3) is 3.47. The number of nitrogens with zero attached hydrogens (tertiary/aromatic N) is 1. The number of Topliss-reactive ketones (excluding diaryl/α,β-unsaturated/α-hetero) is 1. The maximum Gasteiger partial charge on any atom is 0.338 e. The van der Waals surface area contributed by atoms with Crippen LogP contribution in [0.25, 0.3) is 0 Å². The van der Waals surface area contributed by atoms with Gasteiger partial charge in [-0.1, -0.05) is 6.92 Å². The summed E-state index contributed by atoms with van der Waals surface area (Å²) in [7, 11) is 8.02. The zero-order valence-electron chi connectivity index (χ0n) is 26.3. The van der Waals surface area contributed by atoms with Crippen molar-refractivity contribution in [1.82, 2.24) is 4.90 Å². The second kappa shape index (κ2) is 10.4. The van der Waals surface area contributed by atoms with E-state index >= 15 is 0 Å². The lowest BCUT2D eigenvalue weighted by atomic mass is 9.43. The van der Waals surface area contributed by atoms with Gasteiger partial charge in [-0.3, -0.25) is 9.69 Å². The quantitative estimate of drug-likeness (QED) is 0.388. The van der Waals surface area contributed by atoms with Crippen LogP contribution in [0.1, 0.15) is 30.1 Å². The standard InChI is InChI=1S/C33H45NO10/c1-7-34-14-31(15-39-2)19(35)12-20(41-4)33-18-13-32(38)28(44-30(37)16-8-10-17(40-3)11-9-16)21(18)22(24(36)29(32)43-6)23(27(33)34)25(42-5)26(31)33/h8-11,18-23,25-29,35,38H,7,12-15H2,1-6H3/t18-,19+,20?,21-,22-,23?,25-,26+,27?,28+,29+,31-,32-,33?/m0/s1. The first-order valence-electron chi connectivity index (χ1n) is 15.7. The van der Waals surface area contributed by atoms with E-state index in [9.17, 15) is 19.8 Å². The van der Waals surface area contributed by atoms with Gasteiger partial charge in [-0.2, -0.15) is 0 Å². The van der Waals surface area contributed by atoms with Gasteiger partial charge in [0.05, 0.1) is 37.6 Å². The van der Waals surface area contributed by atoms with Gasteiger partial charge in [-0.25, -0.2) is 4.79 Å². The molecule has 2 N–H and O–H groups in total. The lowest BCUT2D eigenvalue weighted by molar-refractivity contribution is -0.280. The summed E-state index contributed by atoms with van der Waals surface area (Å²) in [5, 5.41) is 24.4. The van der Waals surface area contributed by atoms with Crippen molar-refractivity contribution in [2.24, 2.45) is 40.4 Å². The molecule has 0 radical (unpaired) electrons. The number of hydrogen-bond donors (Lipinski definition) is 2. The molecule has 5 aliphatic carbocycles. The van der Waals surface area contributed by atoms with Crippen molar-refractivity contribution in [3.8, 4) is 5.75 Å². The van der Waals surface area contributed by atoms with Crippen molar-refractivity contribution < 1.29 is 48.2 Å². The van der Waals surface area contributed by atoms with Crippen LogP contribution < -0.4 is 4.74 Å². The Balaban J connectivity index is 1.42. The average Bonchev–Trinajstić information content (AvgIpc) is 3.36. The Kier molecular flexibility index (Phi) is 7.25. The summed E-state index contributed by atoms with van der Waals surface area (Å²) in [6.45, 7) is 3.73. The molecule has 1 saturated heterocycles. The van der Waals surface area contributed by atoms with Crippen LogP contribution in [-0.4, -0.2) is 124 Å². The summed E-state index contributed by atoms with van der Waals surface area (Å²) >= 11 is 0. The topological polar surface area (TPSA) is 133 Å². The summed E-state index contributed by atoms with van der Waals surface area (Å²) in [6, 6.07) is 6.53. The van der Waals surface area contributed by atoms with Crippen molar-refractivity contribution >= 4 is 11.8 Å². The number of carbonyl (C=O) groups excluding carboxylic acids is 2. The number of carbonyl (C=O) groups is 2. The van der Waals surface area contributed by atoms with E-state index in [0.717, 1.165) is 0 Å². The fraction of sp³-hybridized carbons (Fsp3) is 0.758. The van der Waals surface area contributed by atoms with Crippen molar-refractivity contribution in [3.05, 3.63) is 29.8 Å². The van der Waals surface area contributed by atoms with Crippen LogP contribution in [0, 0.1) is 40.4 Å². The second-order valence-electron chi connectivity index (χ2n) is 13.9. The van der Waals surface area contributed by atoms with E-state index in [1.165, 1.54) is 7.11 Å². The summed E-state index contributed by atoms with van der Waals surface area (Å²) in [6.07, 6.45) is -3.03. The number of likely N-dealkylation sites (tertiary alicyclic amines) is 1. The van der Waals surface area contributed by atoms with Gasteiger partial charge < -0.3 is 38.6 Å². The minimum Gasteiger partial charge on any atom is -0.497 e. The number of piperidine rings is 1. The molecule has 1 aliphatic heterocycles. The zero-order valence-corrected chi connectivity index (χ0v) is 26.3. The number of ether oxygens (including phenoxy) is 6. The molecule has 7 bridgehead atoms. The molecular formula is C33H45NO10. The number of fused-ring (bicyclic) bond motifs is 2. The molecule has 1 spiro atoms. The third-order valence-corrected chi connectivity index (χ3v) is 12.8. The highest BCUT2D eigenvalue weighted by Gasteiger charge is 2.87. The summed E-state index contributed by atoms with van der Waals surface area (Å²) < 4.78 is 36.0. The van der Waals surface area contributed by atoms with E-state index in [1.54, 1.807) is 52.7 Å².